The van der Waals surface area contributed by atoms with Crippen LogP contribution < -0.4 is 11.1 Å². The number of primary amides is 1. The largest absolute Gasteiger partial charge is 0.365 e. The van der Waals surface area contributed by atoms with E-state index in [0.717, 1.165) is 15.7 Å². The van der Waals surface area contributed by atoms with Crippen LogP contribution >= 0.6 is 22.7 Å². The van der Waals surface area contributed by atoms with Gasteiger partial charge in [-0.2, -0.15) is 0 Å². The van der Waals surface area contributed by atoms with E-state index in [9.17, 15) is 4.79 Å². The first-order valence-corrected chi connectivity index (χ1v) is 9.79. The van der Waals surface area contributed by atoms with E-state index in [-0.39, 0.29) is 0 Å². The van der Waals surface area contributed by atoms with E-state index >= 15 is 0 Å². The zero-order valence-electron chi connectivity index (χ0n) is 13.5. The summed E-state index contributed by atoms with van der Waals surface area (Å²) in [5.41, 5.74) is 5.93. The molecule has 0 saturated heterocycles. The lowest BCUT2D eigenvalue weighted by molar-refractivity contribution is 0.1000. The van der Waals surface area contributed by atoms with E-state index in [1.807, 2.05) is 12.4 Å². The highest BCUT2D eigenvalue weighted by atomic mass is 32.1. The topological polar surface area (TPSA) is 80.9 Å². The number of hydrogen-bond donors (Lipinski definition) is 2. The molecule has 0 unspecified atom stereocenters. The summed E-state index contributed by atoms with van der Waals surface area (Å²) in [6, 6.07) is 0. The SMILES string of the molecule is C1CCCCCCC1.CNc1nc(-c2cnc(C(N)=O)s2)cs1. The first-order chi connectivity index (χ1) is 11.2. The summed E-state index contributed by atoms with van der Waals surface area (Å²) in [4.78, 5) is 19.9. The first kappa shape index (κ1) is 17.9. The molecule has 5 nitrogen and oxygen atoms in total. The summed E-state index contributed by atoms with van der Waals surface area (Å²) in [7, 11) is 1.81. The smallest absolute Gasteiger partial charge is 0.277 e. The highest BCUT2D eigenvalue weighted by Gasteiger charge is 2.10. The molecule has 2 aromatic heterocycles. The number of nitrogens with one attached hydrogen (secondary N) is 1. The van der Waals surface area contributed by atoms with Gasteiger partial charge < -0.3 is 11.1 Å². The van der Waals surface area contributed by atoms with Crippen LogP contribution in [0.4, 0.5) is 5.13 Å². The van der Waals surface area contributed by atoms with Gasteiger partial charge in [-0.05, 0) is 0 Å². The maximum absolute atomic E-state index is 10.8. The van der Waals surface area contributed by atoms with Gasteiger partial charge >= 0.3 is 0 Å². The Bertz CT molecular complexity index is 585. The van der Waals surface area contributed by atoms with Crippen LogP contribution in [0.2, 0.25) is 0 Å². The number of anilines is 1. The van der Waals surface area contributed by atoms with E-state index in [2.05, 4.69) is 15.3 Å². The number of carbonyl (C=O) groups is 1. The van der Waals surface area contributed by atoms with Crippen LogP contribution in [0.5, 0.6) is 0 Å². The van der Waals surface area contributed by atoms with E-state index in [1.54, 1.807) is 6.20 Å². The number of hydrogen-bond acceptors (Lipinski definition) is 6. The third-order valence-electron chi connectivity index (χ3n) is 3.69. The second-order valence-electron chi connectivity index (χ2n) is 5.51. The van der Waals surface area contributed by atoms with Gasteiger partial charge in [-0.15, -0.1) is 22.7 Å². The van der Waals surface area contributed by atoms with Crippen LogP contribution in [0.3, 0.4) is 0 Å². The van der Waals surface area contributed by atoms with Crippen LogP contribution in [0.1, 0.15) is 61.2 Å². The Morgan fingerprint density at radius 3 is 2.09 bits per heavy atom. The maximum atomic E-state index is 10.8. The molecule has 0 aromatic carbocycles. The number of carbonyl (C=O) groups excluding carboxylic acids is 1. The van der Waals surface area contributed by atoms with E-state index in [1.165, 1.54) is 74.0 Å². The Morgan fingerprint density at radius 1 is 1.13 bits per heavy atom. The molecule has 0 bridgehead atoms. The summed E-state index contributed by atoms with van der Waals surface area (Å²) in [6.45, 7) is 0. The summed E-state index contributed by atoms with van der Waals surface area (Å²) in [6.07, 6.45) is 13.6. The fourth-order valence-corrected chi connectivity index (χ4v) is 3.90. The summed E-state index contributed by atoms with van der Waals surface area (Å²) in [5, 5.41) is 6.00. The summed E-state index contributed by atoms with van der Waals surface area (Å²) >= 11 is 2.75. The Kier molecular flexibility index (Phi) is 7.48. The molecule has 23 heavy (non-hydrogen) atoms. The second kappa shape index (κ2) is 9.62. The lowest BCUT2D eigenvalue weighted by Crippen LogP contribution is -2.09. The first-order valence-electron chi connectivity index (χ1n) is 8.10. The van der Waals surface area contributed by atoms with Crippen molar-refractivity contribution in [3.63, 3.8) is 0 Å². The van der Waals surface area contributed by atoms with Crippen molar-refractivity contribution in [1.29, 1.82) is 0 Å². The average Bonchev–Trinajstić information content (AvgIpc) is 3.16. The van der Waals surface area contributed by atoms with Crippen molar-refractivity contribution in [3.05, 3.63) is 16.6 Å². The lowest BCUT2D eigenvalue weighted by atomic mass is 10.0. The van der Waals surface area contributed by atoms with Gasteiger partial charge in [0.1, 0.15) is 0 Å². The molecule has 3 N–H and O–H groups in total. The van der Waals surface area contributed by atoms with Gasteiger partial charge in [0.2, 0.25) is 0 Å². The van der Waals surface area contributed by atoms with Crippen LogP contribution in [0, 0.1) is 0 Å². The monoisotopic (exact) mass is 352 g/mol. The third kappa shape index (κ3) is 5.91. The Hall–Kier alpha value is -1.47. The molecule has 1 fully saturated rings. The fourth-order valence-electron chi connectivity index (χ4n) is 2.42. The van der Waals surface area contributed by atoms with E-state index in [0.29, 0.717) is 5.01 Å². The van der Waals surface area contributed by atoms with Gasteiger partial charge in [-0.25, -0.2) is 9.97 Å². The van der Waals surface area contributed by atoms with Crippen LogP contribution in [0.15, 0.2) is 11.6 Å². The quantitative estimate of drug-likeness (QED) is 0.850. The van der Waals surface area contributed by atoms with Gasteiger partial charge in [0.15, 0.2) is 10.1 Å². The number of nitrogens with zero attached hydrogens (tertiary/aromatic N) is 2. The van der Waals surface area contributed by atoms with Crippen molar-refractivity contribution in [3.8, 4) is 10.6 Å². The number of amides is 1. The standard InChI is InChI=1S/C8H8N4OS2.C8H16/c1-10-8-12-4(3-14-8)5-2-11-7(15-5)6(9)13;1-2-4-6-8-7-5-3-1/h2-3H,1H3,(H2,9,13)(H,10,12);1-8H2. The molecule has 0 atom stereocenters. The molecule has 1 amide bonds. The van der Waals surface area contributed by atoms with Gasteiger partial charge in [0.05, 0.1) is 10.6 Å². The predicted molar refractivity (Wildman–Crippen MR) is 98.2 cm³/mol. The number of nitrogens with two attached hydrogens (primary N) is 1. The molecule has 0 aliphatic heterocycles. The van der Waals surface area contributed by atoms with Gasteiger partial charge in [-0.3, -0.25) is 4.79 Å². The minimum atomic E-state index is -0.504. The van der Waals surface area contributed by atoms with Gasteiger partial charge in [0, 0.05) is 18.6 Å². The van der Waals surface area contributed by atoms with E-state index < -0.39 is 5.91 Å². The normalized spacial score (nSPS) is 15.0. The molecular weight excluding hydrogens is 328 g/mol. The molecule has 1 saturated carbocycles. The zero-order valence-corrected chi connectivity index (χ0v) is 15.1. The number of aromatic nitrogens is 2. The maximum Gasteiger partial charge on any atom is 0.277 e. The third-order valence-corrected chi connectivity index (χ3v) is 5.58. The summed E-state index contributed by atoms with van der Waals surface area (Å²) in [5.74, 6) is -0.504. The number of rotatable bonds is 3. The Labute approximate surface area is 145 Å². The molecular formula is C16H24N4OS2. The average molecular weight is 353 g/mol. The highest BCUT2D eigenvalue weighted by Crippen LogP contribution is 2.28. The molecule has 7 heteroatoms. The Morgan fingerprint density at radius 2 is 1.70 bits per heavy atom. The van der Waals surface area contributed by atoms with Crippen molar-refractivity contribution in [2.75, 3.05) is 12.4 Å². The minimum Gasteiger partial charge on any atom is -0.365 e. The molecule has 1 aliphatic rings. The van der Waals surface area contributed by atoms with Crippen molar-refractivity contribution in [2.45, 2.75) is 51.4 Å². The number of thiazole rings is 2. The minimum absolute atomic E-state index is 0.309. The van der Waals surface area contributed by atoms with Gasteiger partial charge in [-0.1, -0.05) is 51.4 Å². The van der Waals surface area contributed by atoms with Crippen molar-refractivity contribution >= 4 is 33.7 Å². The second-order valence-corrected chi connectivity index (χ2v) is 7.40. The van der Waals surface area contributed by atoms with Crippen molar-refractivity contribution < 1.29 is 4.79 Å². The molecule has 0 radical (unpaired) electrons. The molecule has 0 spiro atoms. The Balaban J connectivity index is 0.000000203. The lowest BCUT2D eigenvalue weighted by Gasteiger charge is -2.05. The van der Waals surface area contributed by atoms with Crippen molar-refractivity contribution in [2.24, 2.45) is 5.73 Å². The predicted octanol–water partition coefficient (Wildman–Crippen LogP) is 4.53. The fraction of sp³-hybridized carbons (Fsp3) is 0.562. The molecule has 2 aromatic rings. The zero-order chi connectivity index (χ0) is 16.5. The van der Waals surface area contributed by atoms with Crippen LogP contribution in [-0.4, -0.2) is 22.9 Å². The molecule has 1 aliphatic carbocycles. The van der Waals surface area contributed by atoms with Crippen LogP contribution in [-0.2, 0) is 0 Å². The molecule has 126 valence electrons. The van der Waals surface area contributed by atoms with Crippen molar-refractivity contribution in [1.82, 2.24) is 9.97 Å². The highest BCUT2D eigenvalue weighted by molar-refractivity contribution is 7.18. The molecule has 3 rings (SSSR count). The van der Waals surface area contributed by atoms with Crippen LogP contribution in [0.25, 0.3) is 10.6 Å². The molecule has 2 heterocycles. The van der Waals surface area contributed by atoms with E-state index in [4.69, 9.17) is 5.73 Å². The van der Waals surface area contributed by atoms with Gasteiger partial charge in [0.25, 0.3) is 5.91 Å². The summed E-state index contributed by atoms with van der Waals surface area (Å²) < 4.78 is 0.